The highest BCUT2D eigenvalue weighted by Gasteiger charge is 2.29. The summed E-state index contributed by atoms with van der Waals surface area (Å²) >= 11 is 0. The SMILES string of the molecule is O=C(NCC1CN(c2cc3c(nn2)CCCC3)C1)c1ccno1. The Balaban J connectivity index is 1.29. The summed E-state index contributed by atoms with van der Waals surface area (Å²) in [7, 11) is 0. The number of aromatic nitrogens is 3. The van der Waals surface area contributed by atoms with E-state index in [2.05, 4.69) is 31.6 Å². The van der Waals surface area contributed by atoms with Gasteiger partial charge in [0.1, 0.15) is 0 Å². The monoisotopic (exact) mass is 313 g/mol. The molecule has 2 aromatic heterocycles. The van der Waals surface area contributed by atoms with Crippen molar-refractivity contribution in [2.75, 3.05) is 24.5 Å². The molecule has 0 unspecified atom stereocenters. The number of aryl methyl sites for hydroxylation is 2. The third-order valence-electron chi connectivity index (χ3n) is 4.55. The predicted molar refractivity (Wildman–Crippen MR) is 83.2 cm³/mol. The normalized spacial score (nSPS) is 17.5. The summed E-state index contributed by atoms with van der Waals surface area (Å²) < 4.78 is 4.83. The Bertz CT molecular complexity index is 695. The number of amides is 1. The molecule has 7 heteroatoms. The lowest BCUT2D eigenvalue weighted by Crippen LogP contribution is -2.52. The van der Waals surface area contributed by atoms with E-state index in [9.17, 15) is 4.79 Å². The zero-order valence-corrected chi connectivity index (χ0v) is 12.9. The molecule has 1 saturated heterocycles. The fraction of sp³-hybridized carbons (Fsp3) is 0.500. The number of anilines is 1. The van der Waals surface area contributed by atoms with Gasteiger partial charge in [0.05, 0.1) is 11.9 Å². The van der Waals surface area contributed by atoms with Gasteiger partial charge < -0.3 is 14.7 Å². The van der Waals surface area contributed by atoms with E-state index in [1.54, 1.807) is 6.07 Å². The molecule has 1 aliphatic heterocycles. The van der Waals surface area contributed by atoms with E-state index >= 15 is 0 Å². The van der Waals surface area contributed by atoms with Crippen LogP contribution in [0.2, 0.25) is 0 Å². The van der Waals surface area contributed by atoms with E-state index in [0.29, 0.717) is 12.5 Å². The average molecular weight is 313 g/mol. The van der Waals surface area contributed by atoms with Crippen LogP contribution in [-0.4, -0.2) is 40.9 Å². The molecule has 0 atom stereocenters. The second-order valence-electron chi connectivity index (χ2n) is 6.24. The maximum absolute atomic E-state index is 11.8. The number of nitrogens with zero attached hydrogens (tertiary/aromatic N) is 4. The first-order chi connectivity index (χ1) is 11.3. The fourth-order valence-corrected chi connectivity index (χ4v) is 3.18. The van der Waals surface area contributed by atoms with Crippen LogP contribution < -0.4 is 10.2 Å². The average Bonchev–Trinajstić information content (AvgIpc) is 3.07. The standard InChI is InChI=1S/C16H19N5O2/c22-16(14-5-6-18-23-14)17-8-11-9-21(10-11)15-7-12-3-1-2-4-13(12)19-20-15/h5-7,11H,1-4,8-10H2,(H,17,22). The molecule has 120 valence electrons. The molecular formula is C16H19N5O2. The second kappa shape index (κ2) is 5.98. The summed E-state index contributed by atoms with van der Waals surface area (Å²) in [5, 5.41) is 15.1. The first-order valence-electron chi connectivity index (χ1n) is 8.09. The molecule has 3 heterocycles. The number of fused-ring (bicyclic) bond motifs is 1. The molecule has 0 radical (unpaired) electrons. The molecule has 7 nitrogen and oxygen atoms in total. The van der Waals surface area contributed by atoms with Gasteiger partial charge in [-0.15, -0.1) is 5.10 Å². The lowest BCUT2D eigenvalue weighted by Gasteiger charge is -2.40. The van der Waals surface area contributed by atoms with E-state index in [-0.39, 0.29) is 11.7 Å². The molecule has 0 bridgehead atoms. The second-order valence-corrected chi connectivity index (χ2v) is 6.24. The lowest BCUT2D eigenvalue weighted by atomic mass is 9.95. The van der Waals surface area contributed by atoms with Gasteiger partial charge >= 0.3 is 0 Å². The Morgan fingerprint density at radius 1 is 1.30 bits per heavy atom. The molecule has 0 saturated carbocycles. The van der Waals surface area contributed by atoms with Crippen LogP contribution in [0.15, 0.2) is 22.9 Å². The molecule has 1 fully saturated rings. The van der Waals surface area contributed by atoms with Crippen molar-refractivity contribution >= 4 is 11.7 Å². The highest BCUT2D eigenvalue weighted by atomic mass is 16.5. The zero-order valence-electron chi connectivity index (χ0n) is 12.9. The van der Waals surface area contributed by atoms with Crippen LogP contribution in [0.25, 0.3) is 0 Å². The molecular weight excluding hydrogens is 294 g/mol. The first kappa shape index (κ1) is 14.2. The van der Waals surface area contributed by atoms with Crippen LogP contribution in [0, 0.1) is 5.92 Å². The summed E-state index contributed by atoms with van der Waals surface area (Å²) in [4.78, 5) is 14.0. The minimum absolute atomic E-state index is 0.213. The predicted octanol–water partition coefficient (Wildman–Crippen LogP) is 1.21. The zero-order chi connectivity index (χ0) is 15.6. The molecule has 1 aliphatic carbocycles. The van der Waals surface area contributed by atoms with E-state index < -0.39 is 0 Å². The quantitative estimate of drug-likeness (QED) is 0.913. The maximum Gasteiger partial charge on any atom is 0.289 e. The largest absolute Gasteiger partial charge is 0.354 e. The molecule has 2 aliphatic rings. The summed E-state index contributed by atoms with van der Waals surface area (Å²) in [5.74, 6) is 1.43. The lowest BCUT2D eigenvalue weighted by molar-refractivity contribution is 0.0907. The molecule has 4 rings (SSSR count). The fourth-order valence-electron chi connectivity index (χ4n) is 3.18. The Morgan fingerprint density at radius 2 is 2.17 bits per heavy atom. The molecule has 0 aromatic carbocycles. The number of rotatable bonds is 4. The third kappa shape index (κ3) is 2.91. The molecule has 0 spiro atoms. The van der Waals surface area contributed by atoms with Gasteiger partial charge in [-0.2, -0.15) is 5.10 Å². The summed E-state index contributed by atoms with van der Waals surface area (Å²) in [6, 6.07) is 3.75. The number of nitrogens with one attached hydrogen (secondary N) is 1. The van der Waals surface area contributed by atoms with Crippen molar-refractivity contribution in [3.8, 4) is 0 Å². The molecule has 2 aromatic rings. The third-order valence-corrected chi connectivity index (χ3v) is 4.55. The van der Waals surface area contributed by atoms with E-state index in [1.165, 1.54) is 24.6 Å². The number of hydrogen-bond donors (Lipinski definition) is 1. The van der Waals surface area contributed by atoms with Gasteiger partial charge in [-0.25, -0.2) is 0 Å². The van der Waals surface area contributed by atoms with Crippen LogP contribution in [0.1, 0.15) is 34.7 Å². The van der Waals surface area contributed by atoms with Crippen LogP contribution in [-0.2, 0) is 12.8 Å². The van der Waals surface area contributed by atoms with Gasteiger partial charge in [0.15, 0.2) is 5.82 Å². The van der Waals surface area contributed by atoms with Gasteiger partial charge in [-0.05, 0) is 37.3 Å². The van der Waals surface area contributed by atoms with Crippen LogP contribution in [0.3, 0.4) is 0 Å². The highest BCUT2D eigenvalue weighted by Crippen LogP contribution is 2.26. The smallest absolute Gasteiger partial charge is 0.289 e. The van der Waals surface area contributed by atoms with Gasteiger partial charge in [0.25, 0.3) is 5.91 Å². The molecule has 1 N–H and O–H groups in total. The minimum atomic E-state index is -0.213. The van der Waals surface area contributed by atoms with Gasteiger partial charge in [0.2, 0.25) is 5.76 Å². The first-order valence-corrected chi connectivity index (χ1v) is 8.09. The molecule has 1 amide bonds. The number of hydrogen-bond acceptors (Lipinski definition) is 6. The van der Waals surface area contributed by atoms with Crippen LogP contribution in [0.5, 0.6) is 0 Å². The van der Waals surface area contributed by atoms with Crippen molar-refractivity contribution in [1.82, 2.24) is 20.7 Å². The highest BCUT2D eigenvalue weighted by molar-refractivity contribution is 5.91. The van der Waals surface area contributed by atoms with Crippen LogP contribution in [0.4, 0.5) is 5.82 Å². The maximum atomic E-state index is 11.8. The van der Waals surface area contributed by atoms with Crippen molar-refractivity contribution in [2.24, 2.45) is 5.92 Å². The number of carbonyl (C=O) groups excluding carboxylic acids is 1. The van der Waals surface area contributed by atoms with Crippen molar-refractivity contribution in [2.45, 2.75) is 25.7 Å². The van der Waals surface area contributed by atoms with E-state index in [4.69, 9.17) is 4.52 Å². The Hall–Kier alpha value is -2.44. The van der Waals surface area contributed by atoms with Gasteiger partial charge in [-0.3, -0.25) is 4.79 Å². The Kier molecular flexibility index (Phi) is 3.69. The molecule has 23 heavy (non-hydrogen) atoms. The van der Waals surface area contributed by atoms with Crippen molar-refractivity contribution in [3.63, 3.8) is 0 Å². The summed E-state index contributed by atoms with van der Waals surface area (Å²) in [6.45, 7) is 2.42. The van der Waals surface area contributed by atoms with E-state index in [1.807, 2.05) is 0 Å². The van der Waals surface area contributed by atoms with Crippen molar-refractivity contribution in [1.29, 1.82) is 0 Å². The van der Waals surface area contributed by atoms with Crippen molar-refractivity contribution < 1.29 is 9.32 Å². The van der Waals surface area contributed by atoms with Gasteiger partial charge in [-0.1, -0.05) is 5.16 Å². The Labute approximate surface area is 134 Å². The van der Waals surface area contributed by atoms with Crippen molar-refractivity contribution in [3.05, 3.63) is 35.3 Å². The van der Waals surface area contributed by atoms with Gasteiger partial charge in [0, 0.05) is 31.6 Å². The summed E-state index contributed by atoms with van der Waals surface area (Å²) in [6.07, 6.45) is 6.10. The topological polar surface area (TPSA) is 84.2 Å². The van der Waals surface area contributed by atoms with Crippen LogP contribution >= 0.6 is 0 Å². The Morgan fingerprint density at radius 3 is 3.00 bits per heavy atom. The van der Waals surface area contributed by atoms with E-state index in [0.717, 1.165) is 37.4 Å². The number of carbonyl (C=O) groups is 1. The summed E-state index contributed by atoms with van der Waals surface area (Å²) in [5.41, 5.74) is 2.51. The minimum Gasteiger partial charge on any atom is -0.354 e.